The number of benzene rings is 1. The van der Waals surface area contributed by atoms with Crippen molar-refractivity contribution >= 4 is 5.91 Å². The number of aliphatic hydroxyl groups is 1. The van der Waals surface area contributed by atoms with E-state index in [1.807, 2.05) is 6.92 Å². The zero-order chi connectivity index (χ0) is 15.1. The number of nitrogens with one attached hydrogen (secondary N) is 1. The van der Waals surface area contributed by atoms with Crippen LogP contribution >= 0.6 is 0 Å². The second kappa shape index (κ2) is 7.59. The second-order valence-electron chi connectivity index (χ2n) is 4.30. The Kier molecular flexibility index (Phi) is 6.11. The number of aliphatic hydroxyl groups excluding tert-OH is 1. The predicted octanol–water partition coefficient (Wildman–Crippen LogP) is 1.21. The summed E-state index contributed by atoms with van der Waals surface area (Å²) in [7, 11) is 4.49. The predicted molar refractivity (Wildman–Crippen MR) is 74.7 cm³/mol. The highest BCUT2D eigenvalue weighted by atomic mass is 16.5. The van der Waals surface area contributed by atoms with Crippen molar-refractivity contribution in [3.05, 3.63) is 17.7 Å². The Hall–Kier alpha value is -1.95. The molecule has 1 rings (SSSR count). The summed E-state index contributed by atoms with van der Waals surface area (Å²) in [5, 5.41) is 11.6. The van der Waals surface area contributed by atoms with Gasteiger partial charge in [-0.25, -0.2) is 0 Å². The summed E-state index contributed by atoms with van der Waals surface area (Å²) in [4.78, 5) is 12.1. The second-order valence-corrected chi connectivity index (χ2v) is 4.30. The van der Waals surface area contributed by atoms with Crippen LogP contribution in [0.1, 0.15) is 23.7 Å². The summed E-state index contributed by atoms with van der Waals surface area (Å²) in [5.74, 6) is 1.03. The van der Waals surface area contributed by atoms with Crippen LogP contribution in [0.4, 0.5) is 0 Å². The molecular weight excluding hydrogens is 262 g/mol. The number of methoxy groups -OCH3 is 3. The van der Waals surface area contributed by atoms with Crippen LogP contribution < -0.4 is 19.5 Å². The van der Waals surface area contributed by atoms with Gasteiger partial charge in [0.25, 0.3) is 5.91 Å². The highest BCUT2D eigenvalue weighted by Crippen LogP contribution is 2.38. The molecule has 0 aliphatic rings. The number of hydrogen-bond acceptors (Lipinski definition) is 5. The maximum atomic E-state index is 12.1. The van der Waals surface area contributed by atoms with Crippen molar-refractivity contribution in [2.45, 2.75) is 19.4 Å². The molecule has 0 radical (unpaired) electrons. The lowest BCUT2D eigenvalue weighted by atomic mass is 10.1. The van der Waals surface area contributed by atoms with E-state index in [4.69, 9.17) is 19.3 Å². The monoisotopic (exact) mass is 283 g/mol. The van der Waals surface area contributed by atoms with E-state index in [0.29, 0.717) is 29.2 Å². The van der Waals surface area contributed by atoms with Crippen LogP contribution in [0.15, 0.2) is 12.1 Å². The summed E-state index contributed by atoms with van der Waals surface area (Å²) < 4.78 is 15.6. The van der Waals surface area contributed by atoms with E-state index < -0.39 is 0 Å². The Balaban J connectivity index is 3.03. The molecule has 0 heterocycles. The van der Waals surface area contributed by atoms with Crippen LogP contribution in [0.3, 0.4) is 0 Å². The van der Waals surface area contributed by atoms with Crippen molar-refractivity contribution in [3.63, 3.8) is 0 Å². The molecule has 1 aromatic carbocycles. The van der Waals surface area contributed by atoms with E-state index in [2.05, 4.69) is 5.32 Å². The van der Waals surface area contributed by atoms with Crippen LogP contribution in [0, 0.1) is 0 Å². The number of hydrogen-bond donors (Lipinski definition) is 2. The van der Waals surface area contributed by atoms with E-state index in [-0.39, 0.29) is 18.6 Å². The van der Waals surface area contributed by atoms with Gasteiger partial charge in [-0.2, -0.15) is 0 Å². The highest BCUT2D eigenvalue weighted by Gasteiger charge is 2.17. The molecule has 112 valence electrons. The summed E-state index contributed by atoms with van der Waals surface area (Å²) in [6, 6.07) is 3.05. The van der Waals surface area contributed by atoms with Crippen LogP contribution in [0.2, 0.25) is 0 Å². The molecular formula is C14H21NO5. The SMILES string of the molecule is COc1cc(C(=O)NC(C)CCO)cc(OC)c1OC. The van der Waals surface area contributed by atoms with E-state index in [1.165, 1.54) is 21.3 Å². The number of ether oxygens (including phenoxy) is 3. The first-order chi connectivity index (χ1) is 9.57. The maximum Gasteiger partial charge on any atom is 0.251 e. The summed E-state index contributed by atoms with van der Waals surface area (Å²) in [5.41, 5.74) is 0.407. The zero-order valence-corrected chi connectivity index (χ0v) is 12.2. The number of carbonyl (C=O) groups is 1. The largest absolute Gasteiger partial charge is 0.493 e. The molecule has 0 saturated heterocycles. The molecule has 1 amide bonds. The Bertz CT molecular complexity index is 436. The topological polar surface area (TPSA) is 77.0 Å². The molecule has 0 fully saturated rings. The number of rotatable bonds is 7. The lowest BCUT2D eigenvalue weighted by molar-refractivity contribution is 0.0933. The molecule has 0 aromatic heterocycles. The van der Waals surface area contributed by atoms with Crippen LogP contribution in [0.5, 0.6) is 17.2 Å². The molecule has 1 aromatic rings. The Morgan fingerprint density at radius 2 is 1.75 bits per heavy atom. The van der Waals surface area contributed by atoms with Crippen LogP contribution in [-0.4, -0.2) is 45.0 Å². The Labute approximate surface area is 118 Å². The molecule has 0 aliphatic heterocycles. The van der Waals surface area contributed by atoms with E-state index in [9.17, 15) is 4.79 Å². The smallest absolute Gasteiger partial charge is 0.251 e. The molecule has 1 unspecified atom stereocenters. The van der Waals surface area contributed by atoms with Gasteiger partial charge >= 0.3 is 0 Å². The zero-order valence-electron chi connectivity index (χ0n) is 12.2. The minimum absolute atomic E-state index is 0.0245. The van der Waals surface area contributed by atoms with Gasteiger partial charge in [0.15, 0.2) is 11.5 Å². The van der Waals surface area contributed by atoms with Crippen LogP contribution in [0.25, 0.3) is 0 Å². The van der Waals surface area contributed by atoms with Crippen molar-refractivity contribution in [1.29, 1.82) is 0 Å². The molecule has 6 nitrogen and oxygen atoms in total. The lowest BCUT2D eigenvalue weighted by Crippen LogP contribution is -2.33. The van der Waals surface area contributed by atoms with E-state index >= 15 is 0 Å². The molecule has 2 N–H and O–H groups in total. The third-order valence-corrected chi connectivity index (χ3v) is 2.87. The third kappa shape index (κ3) is 3.77. The fraction of sp³-hybridized carbons (Fsp3) is 0.500. The number of carbonyl (C=O) groups excluding carboxylic acids is 1. The van der Waals surface area contributed by atoms with Gasteiger partial charge in [0.05, 0.1) is 21.3 Å². The van der Waals surface area contributed by atoms with Gasteiger partial charge in [-0.15, -0.1) is 0 Å². The van der Waals surface area contributed by atoms with E-state index in [1.54, 1.807) is 12.1 Å². The number of amides is 1. The molecule has 0 spiro atoms. The van der Waals surface area contributed by atoms with Crippen molar-refractivity contribution in [3.8, 4) is 17.2 Å². The summed E-state index contributed by atoms with van der Waals surface area (Å²) in [6.45, 7) is 1.85. The molecule has 6 heteroatoms. The van der Waals surface area contributed by atoms with Crippen molar-refractivity contribution in [1.82, 2.24) is 5.32 Å². The molecule has 1 atom stereocenters. The fourth-order valence-corrected chi connectivity index (χ4v) is 1.79. The maximum absolute atomic E-state index is 12.1. The highest BCUT2D eigenvalue weighted by molar-refractivity contribution is 5.95. The average Bonchev–Trinajstić information content (AvgIpc) is 2.45. The Morgan fingerprint density at radius 3 is 2.15 bits per heavy atom. The van der Waals surface area contributed by atoms with Gasteiger partial charge in [-0.1, -0.05) is 0 Å². The minimum Gasteiger partial charge on any atom is -0.493 e. The summed E-state index contributed by atoms with van der Waals surface area (Å²) in [6.07, 6.45) is 0.496. The quantitative estimate of drug-likeness (QED) is 0.786. The molecule has 0 bridgehead atoms. The normalized spacial score (nSPS) is 11.7. The van der Waals surface area contributed by atoms with Gasteiger partial charge in [-0.3, -0.25) is 4.79 Å². The van der Waals surface area contributed by atoms with Gasteiger partial charge in [0.1, 0.15) is 0 Å². The van der Waals surface area contributed by atoms with Crippen molar-refractivity contribution in [2.75, 3.05) is 27.9 Å². The first-order valence-electron chi connectivity index (χ1n) is 6.29. The third-order valence-electron chi connectivity index (χ3n) is 2.87. The van der Waals surface area contributed by atoms with Crippen molar-refractivity contribution < 1.29 is 24.1 Å². The molecule has 0 aliphatic carbocycles. The van der Waals surface area contributed by atoms with Gasteiger partial charge in [0.2, 0.25) is 5.75 Å². The minimum atomic E-state index is -0.259. The van der Waals surface area contributed by atoms with Crippen molar-refractivity contribution in [2.24, 2.45) is 0 Å². The standard InChI is InChI=1S/C14H21NO5/c1-9(5-6-16)15-14(17)10-7-11(18-2)13(20-4)12(8-10)19-3/h7-9,16H,5-6H2,1-4H3,(H,15,17). The molecule has 0 saturated carbocycles. The van der Waals surface area contributed by atoms with Crippen LogP contribution in [-0.2, 0) is 0 Å². The first-order valence-corrected chi connectivity index (χ1v) is 6.29. The summed E-state index contributed by atoms with van der Waals surface area (Å²) >= 11 is 0. The lowest BCUT2D eigenvalue weighted by Gasteiger charge is -2.16. The fourth-order valence-electron chi connectivity index (χ4n) is 1.79. The molecule has 20 heavy (non-hydrogen) atoms. The van der Waals surface area contributed by atoms with E-state index in [0.717, 1.165) is 0 Å². The Morgan fingerprint density at radius 1 is 1.20 bits per heavy atom. The van der Waals surface area contributed by atoms with Gasteiger partial charge < -0.3 is 24.6 Å². The average molecular weight is 283 g/mol. The van der Waals surface area contributed by atoms with Gasteiger partial charge in [-0.05, 0) is 25.5 Å². The first kappa shape index (κ1) is 16.1. The van der Waals surface area contributed by atoms with Gasteiger partial charge in [0, 0.05) is 18.2 Å².